The number of fused-ring (bicyclic) bond motifs is 1. The van der Waals surface area contributed by atoms with Gasteiger partial charge in [-0.1, -0.05) is 24.3 Å². The van der Waals surface area contributed by atoms with Gasteiger partial charge in [0.1, 0.15) is 5.54 Å². The maximum Gasteiger partial charge on any atom is 0.330 e. The molecule has 0 unspecified atom stereocenters. The van der Waals surface area contributed by atoms with Crippen LogP contribution in [0.4, 0.5) is 8.78 Å². The van der Waals surface area contributed by atoms with Gasteiger partial charge in [-0.2, -0.15) is 0 Å². The number of amides is 1. The molecule has 4 nitrogen and oxygen atoms in total. The predicted molar refractivity (Wildman–Crippen MR) is 97.5 cm³/mol. The zero-order chi connectivity index (χ0) is 19.8. The van der Waals surface area contributed by atoms with Crippen LogP contribution in [0, 0.1) is 18.6 Å². The molecular formula is C21H19F2NO3. The Balaban J connectivity index is 1.97. The van der Waals surface area contributed by atoms with Crippen LogP contribution in [0.1, 0.15) is 39.5 Å². The number of carbonyl (C=O) groups excluding carboxylic acids is 1. The van der Waals surface area contributed by atoms with Crippen LogP contribution in [-0.4, -0.2) is 22.5 Å². The average molecular weight is 371 g/mol. The zero-order valence-corrected chi connectivity index (χ0v) is 15.0. The molecule has 2 aromatic rings. The van der Waals surface area contributed by atoms with Gasteiger partial charge < -0.3 is 10.4 Å². The van der Waals surface area contributed by atoms with Gasteiger partial charge in [-0.15, -0.1) is 0 Å². The molecule has 27 heavy (non-hydrogen) atoms. The lowest BCUT2D eigenvalue weighted by Crippen LogP contribution is -2.55. The first-order chi connectivity index (χ1) is 12.8. The lowest BCUT2D eigenvalue weighted by Gasteiger charge is -2.26. The second-order valence-electron chi connectivity index (χ2n) is 6.77. The summed E-state index contributed by atoms with van der Waals surface area (Å²) in [6.45, 7) is 3.68. The molecule has 0 radical (unpaired) electrons. The Labute approximate surface area is 155 Å². The molecule has 0 aromatic heterocycles. The third kappa shape index (κ3) is 3.35. The molecule has 6 heteroatoms. The first-order valence-electron chi connectivity index (χ1n) is 8.52. The molecule has 3 rings (SSSR count). The van der Waals surface area contributed by atoms with Crippen molar-refractivity contribution >= 4 is 18.0 Å². The maximum absolute atomic E-state index is 13.5. The SMILES string of the molecule is C/C=C/c1c(C)cccc1C(=O)NC1(C(=O)O)Cc2cc(F)c(F)cc2C1. The highest BCUT2D eigenvalue weighted by Gasteiger charge is 2.46. The number of allylic oxidation sites excluding steroid dienone is 1. The number of aryl methyl sites for hydroxylation is 1. The summed E-state index contributed by atoms with van der Waals surface area (Å²) in [5.41, 5.74) is 1.05. The minimum absolute atomic E-state index is 0.106. The monoisotopic (exact) mass is 371 g/mol. The predicted octanol–water partition coefficient (Wildman–Crippen LogP) is 3.66. The molecule has 1 aliphatic carbocycles. The van der Waals surface area contributed by atoms with Crippen molar-refractivity contribution in [3.05, 3.63) is 75.9 Å². The number of nitrogens with one attached hydrogen (secondary N) is 1. The van der Waals surface area contributed by atoms with Crippen molar-refractivity contribution in [2.24, 2.45) is 0 Å². The molecule has 0 heterocycles. The van der Waals surface area contributed by atoms with E-state index in [1.807, 2.05) is 19.9 Å². The molecule has 0 aliphatic heterocycles. The lowest BCUT2D eigenvalue weighted by molar-refractivity contribution is -0.144. The fourth-order valence-corrected chi connectivity index (χ4v) is 3.52. The topological polar surface area (TPSA) is 66.4 Å². The number of hydrogen-bond acceptors (Lipinski definition) is 2. The highest BCUT2D eigenvalue weighted by atomic mass is 19.2. The van der Waals surface area contributed by atoms with E-state index in [-0.39, 0.29) is 12.8 Å². The van der Waals surface area contributed by atoms with E-state index >= 15 is 0 Å². The van der Waals surface area contributed by atoms with Gasteiger partial charge in [0.15, 0.2) is 11.6 Å². The van der Waals surface area contributed by atoms with E-state index in [9.17, 15) is 23.5 Å². The van der Waals surface area contributed by atoms with Crippen LogP contribution in [0.3, 0.4) is 0 Å². The molecule has 1 amide bonds. The van der Waals surface area contributed by atoms with Gasteiger partial charge >= 0.3 is 5.97 Å². The summed E-state index contributed by atoms with van der Waals surface area (Å²) < 4.78 is 27.0. The number of carboxylic acids is 1. The van der Waals surface area contributed by atoms with Crippen molar-refractivity contribution in [3.63, 3.8) is 0 Å². The molecule has 0 bridgehead atoms. The lowest BCUT2D eigenvalue weighted by atomic mass is 9.94. The van der Waals surface area contributed by atoms with E-state index in [1.165, 1.54) is 0 Å². The molecule has 0 fully saturated rings. The molecule has 2 N–H and O–H groups in total. The highest BCUT2D eigenvalue weighted by molar-refractivity contribution is 6.01. The van der Waals surface area contributed by atoms with Crippen LogP contribution in [-0.2, 0) is 17.6 Å². The Morgan fingerprint density at radius 1 is 1.15 bits per heavy atom. The number of halogens is 2. The Morgan fingerprint density at radius 3 is 2.26 bits per heavy atom. The molecular weight excluding hydrogens is 352 g/mol. The van der Waals surface area contributed by atoms with Crippen molar-refractivity contribution < 1.29 is 23.5 Å². The molecule has 1 aliphatic rings. The largest absolute Gasteiger partial charge is 0.479 e. The first kappa shape index (κ1) is 18.8. The summed E-state index contributed by atoms with van der Waals surface area (Å²) >= 11 is 0. The van der Waals surface area contributed by atoms with Gasteiger partial charge in [0.2, 0.25) is 0 Å². The summed E-state index contributed by atoms with van der Waals surface area (Å²) in [7, 11) is 0. The zero-order valence-electron chi connectivity index (χ0n) is 15.0. The molecule has 0 saturated heterocycles. The van der Waals surface area contributed by atoms with E-state index in [2.05, 4.69) is 5.32 Å². The van der Waals surface area contributed by atoms with Crippen LogP contribution >= 0.6 is 0 Å². The fourth-order valence-electron chi connectivity index (χ4n) is 3.52. The van der Waals surface area contributed by atoms with Crippen LogP contribution in [0.2, 0.25) is 0 Å². The van der Waals surface area contributed by atoms with E-state index in [0.29, 0.717) is 22.3 Å². The van der Waals surface area contributed by atoms with E-state index in [1.54, 1.807) is 24.3 Å². The summed E-state index contributed by atoms with van der Waals surface area (Å²) in [5.74, 6) is -3.85. The number of aliphatic carboxylic acids is 1. The van der Waals surface area contributed by atoms with Crippen LogP contribution in [0.5, 0.6) is 0 Å². The first-order valence-corrected chi connectivity index (χ1v) is 8.52. The van der Waals surface area contributed by atoms with E-state index < -0.39 is 29.0 Å². The molecule has 0 atom stereocenters. The second-order valence-corrected chi connectivity index (χ2v) is 6.77. The average Bonchev–Trinajstić information content (AvgIpc) is 2.95. The van der Waals surface area contributed by atoms with Gasteiger partial charge in [-0.3, -0.25) is 4.79 Å². The van der Waals surface area contributed by atoms with Crippen molar-refractivity contribution in [2.75, 3.05) is 0 Å². The number of benzene rings is 2. The van der Waals surface area contributed by atoms with Crippen LogP contribution < -0.4 is 5.32 Å². The Hall–Kier alpha value is -3.02. The van der Waals surface area contributed by atoms with Gasteiger partial charge in [0.25, 0.3) is 5.91 Å². The molecule has 2 aromatic carbocycles. The van der Waals surface area contributed by atoms with Crippen LogP contribution in [0.15, 0.2) is 36.4 Å². The van der Waals surface area contributed by atoms with Crippen LogP contribution in [0.25, 0.3) is 6.08 Å². The van der Waals surface area contributed by atoms with Gasteiger partial charge in [-0.05, 0) is 54.3 Å². The Kier molecular flexibility index (Phi) is 4.83. The maximum atomic E-state index is 13.5. The third-order valence-electron chi connectivity index (χ3n) is 4.89. The summed E-state index contributed by atoms with van der Waals surface area (Å²) in [6.07, 6.45) is 3.37. The summed E-state index contributed by atoms with van der Waals surface area (Å²) in [5, 5.41) is 12.4. The van der Waals surface area contributed by atoms with E-state index in [0.717, 1.165) is 17.7 Å². The van der Waals surface area contributed by atoms with Gasteiger partial charge in [0, 0.05) is 18.4 Å². The van der Waals surface area contributed by atoms with Gasteiger partial charge in [-0.25, -0.2) is 13.6 Å². The third-order valence-corrected chi connectivity index (χ3v) is 4.89. The Bertz CT molecular complexity index is 935. The van der Waals surface area contributed by atoms with Crippen molar-refractivity contribution in [2.45, 2.75) is 32.2 Å². The summed E-state index contributed by atoms with van der Waals surface area (Å²) in [4.78, 5) is 24.9. The number of hydrogen-bond donors (Lipinski definition) is 2. The quantitative estimate of drug-likeness (QED) is 0.862. The highest BCUT2D eigenvalue weighted by Crippen LogP contribution is 2.32. The number of carbonyl (C=O) groups is 2. The van der Waals surface area contributed by atoms with E-state index in [4.69, 9.17) is 0 Å². The molecule has 0 spiro atoms. The van der Waals surface area contributed by atoms with Crippen molar-refractivity contribution in [1.29, 1.82) is 0 Å². The summed E-state index contributed by atoms with van der Waals surface area (Å²) in [6, 6.07) is 7.20. The molecule has 140 valence electrons. The Morgan fingerprint density at radius 2 is 1.74 bits per heavy atom. The van der Waals surface area contributed by atoms with Gasteiger partial charge in [0.05, 0.1) is 0 Å². The smallest absolute Gasteiger partial charge is 0.330 e. The fraction of sp³-hybridized carbons (Fsp3) is 0.238. The number of carboxylic acid groups (broad SMARTS) is 1. The minimum atomic E-state index is -1.64. The second kappa shape index (κ2) is 6.95. The normalized spacial score (nSPS) is 15.0. The molecule has 0 saturated carbocycles. The van der Waals surface area contributed by atoms with Crippen molar-refractivity contribution in [3.8, 4) is 0 Å². The van der Waals surface area contributed by atoms with Crippen molar-refractivity contribution in [1.82, 2.24) is 5.32 Å². The standard InChI is InChI=1S/C21H19F2NO3/c1-3-5-15-12(2)6-4-7-16(15)19(25)24-21(20(26)27)10-13-8-17(22)18(23)9-14(13)11-21/h3-9H,10-11H2,1-2H3,(H,24,25)(H,26,27)/b5-3+. The minimum Gasteiger partial charge on any atom is -0.479 e. The number of rotatable bonds is 4.